The van der Waals surface area contributed by atoms with Gasteiger partial charge >= 0.3 is 0 Å². The molecule has 0 saturated carbocycles. The van der Waals surface area contributed by atoms with Crippen LogP contribution in [0.2, 0.25) is 0 Å². The summed E-state index contributed by atoms with van der Waals surface area (Å²) < 4.78 is 2.24. The zero-order valence-electron chi connectivity index (χ0n) is 13.7. The Balaban J connectivity index is 2.13. The number of hydrogen-bond donors (Lipinski definition) is 0. The molecular weight excluding hydrogens is 266 g/mol. The van der Waals surface area contributed by atoms with Gasteiger partial charge in [-0.1, -0.05) is 48.0 Å². The SMILES string of the molecule is Cc1ccc(-c2cc(C)c(-c3ccccc3C)[n+](C)c2)cc1. The highest BCUT2D eigenvalue weighted by atomic mass is 14.9. The Kier molecular flexibility index (Phi) is 3.81. The Bertz CT molecular complexity index is 791. The van der Waals surface area contributed by atoms with Crippen LogP contribution in [0.15, 0.2) is 60.8 Å². The van der Waals surface area contributed by atoms with Crippen LogP contribution in [0.25, 0.3) is 22.4 Å². The van der Waals surface area contributed by atoms with Gasteiger partial charge in [-0.15, -0.1) is 0 Å². The van der Waals surface area contributed by atoms with Crippen LogP contribution in [0.5, 0.6) is 0 Å². The van der Waals surface area contributed by atoms with Gasteiger partial charge in [0, 0.05) is 16.7 Å². The van der Waals surface area contributed by atoms with Crippen LogP contribution in [0.4, 0.5) is 0 Å². The zero-order valence-corrected chi connectivity index (χ0v) is 13.7. The number of aromatic nitrogens is 1. The molecule has 22 heavy (non-hydrogen) atoms. The summed E-state index contributed by atoms with van der Waals surface area (Å²) in [5.41, 5.74) is 9.02. The molecule has 0 aliphatic carbocycles. The van der Waals surface area contributed by atoms with Crippen molar-refractivity contribution in [1.29, 1.82) is 0 Å². The molecule has 3 rings (SSSR count). The molecule has 0 aliphatic rings. The lowest BCUT2D eigenvalue weighted by atomic mass is 9.98. The van der Waals surface area contributed by atoms with E-state index in [4.69, 9.17) is 0 Å². The average molecular weight is 288 g/mol. The van der Waals surface area contributed by atoms with Gasteiger partial charge in [0.05, 0.1) is 0 Å². The minimum absolute atomic E-state index is 1.26. The van der Waals surface area contributed by atoms with Crippen molar-refractivity contribution in [2.75, 3.05) is 0 Å². The lowest BCUT2D eigenvalue weighted by molar-refractivity contribution is -0.660. The molecule has 1 aromatic heterocycles. The van der Waals surface area contributed by atoms with E-state index in [1.54, 1.807) is 0 Å². The van der Waals surface area contributed by atoms with Crippen molar-refractivity contribution in [2.45, 2.75) is 20.8 Å². The first-order chi connectivity index (χ1) is 10.6. The number of rotatable bonds is 2. The number of aryl methyl sites for hydroxylation is 4. The zero-order chi connectivity index (χ0) is 15.7. The van der Waals surface area contributed by atoms with Gasteiger partial charge in [0.1, 0.15) is 7.05 Å². The highest BCUT2D eigenvalue weighted by molar-refractivity contribution is 5.69. The Hall–Kier alpha value is -2.41. The Morgan fingerprint density at radius 3 is 2.05 bits per heavy atom. The molecule has 0 N–H and O–H groups in total. The normalized spacial score (nSPS) is 10.7. The summed E-state index contributed by atoms with van der Waals surface area (Å²) >= 11 is 0. The topological polar surface area (TPSA) is 3.88 Å². The van der Waals surface area contributed by atoms with Gasteiger partial charge in [-0.05, 0) is 44.0 Å². The number of benzene rings is 2. The molecule has 0 spiro atoms. The van der Waals surface area contributed by atoms with Crippen LogP contribution < -0.4 is 4.57 Å². The third-order valence-corrected chi connectivity index (χ3v) is 4.22. The van der Waals surface area contributed by atoms with Gasteiger partial charge in [0.25, 0.3) is 0 Å². The van der Waals surface area contributed by atoms with E-state index < -0.39 is 0 Å². The molecule has 1 heteroatoms. The number of pyridine rings is 1. The molecule has 1 nitrogen and oxygen atoms in total. The molecule has 110 valence electrons. The highest BCUT2D eigenvalue weighted by Gasteiger charge is 2.17. The third-order valence-electron chi connectivity index (χ3n) is 4.22. The summed E-state index contributed by atoms with van der Waals surface area (Å²) in [5, 5.41) is 0. The average Bonchev–Trinajstić information content (AvgIpc) is 2.49. The lowest BCUT2D eigenvalue weighted by Crippen LogP contribution is -2.32. The summed E-state index contributed by atoms with van der Waals surface area (Å²) in [6.45, 7) is 6.48. The van der Waals surface area contributed by atoms with Crippen LogP contribution >= 0.6 is 0 Å². The maximum atomic E-state index is 2.28. The van der Waals surface area contributed by atoms with Crippen LogP contribution in [-0.2, 0) is 7.05 Å². The first kappa shape index (κ1) is 14.5. The van der Waals surface area contributed by atoms with E-state index >= 15 is 0 Å². The Morgan fingerprint density at radius 2 is 1.41 bits per heavy atom. The fourth-order valence-electron chi connectivity index (χ4n) is 3.04. The van der Waals surface area contributed by atoms with E-state index in [0.717, 1.165) is 0 Å². The van der Waals surface area contributed by atoms with Crippen molar-refractivity contribution in [3.63, 3.8) is 0 Å². The van der Waals surface area contributed by atoms with Gasteiger partial charge in [-0.25, -0.2) is 4.57 Å². The predicted octanol–water partition coefficient (Wildman–Crippen LogP) is 4.77. The molecule has 0 amide bonds. The molecule has 0 saturated heterocycles. The minimum Gasteiger partial charge on any atom is -0.200 e. The second-order valence-corrected chi connectivity index (χ2v) is 6.05. The van der Waals surface area contributed by atoms with E-state index in [-0.39, 0.29) is 0 Å². The highest BCUT2D eigenvalue weighted by Crippen LogP contribution is 2.27. The summed E-state index contributed by atoms with van der Waals surface area (Å²) in [5.74, 6) is 0. The van der Waals surface area contributed by atoms with E-state index in [1.165, 1.54) is 39.1 Å². The molecule has 0 unspecified atom stereocenters. The lowest BCUT2D eigenvalue weighted by Gasteiger charge is -2.09. The fraction of sp³-hybridized carbons (Fsp3) is 0.190. The summed E-state index contributed by atoms with van der Waals surface area (Å²) in [7, 11) is 2.13. The van der Waals surface area contributed by atoms with E-state index in [0.29, 0.717) is 0 Å². The van der Waals surface area contributed by atoms with Crippen molar-refractivity contribution in [1.82, 2.24) is 0 Å². The molecule has 0 radical (unpaired) electrons. The standard InChI is InChI=1S/C21H22N/c1-15-9-11-18(12-10-15)19-13-17(3)21(22(4)14-19)20-8-6-5-7-16(20)2/h5-14H,1-4H3/q+1. The van der Waals surface area contributed by atoms with Gasteiger partial charge in [0.15, 0.2) is 6.20 Å². The molecule has 0 atom stereocenters. The quantitative estimate of drug-likeness (QED) is 0.598. The summed E-state index contributed by atoms with van der Waals surface area (Å²) in [4.78, 5) is 0. The molecule has 0 fully saturated rings. The van der Waals surface area contributed by atoms with E-state index in [2.05, 4.69) is 93.2 Å². The second kappa shape index (κ2) is 5.76. The monoisotopic (exact) mass is 288 g/mol. The molecule has 1 heterocycles. The second-order valence-electron chi connectivity index (χ2n) is 6.05. The van der Waals surface area contributed by atoms with Gasteiger partial charge in [-0.3, -0.25) is 0 Å². The van der Waals surface area contributed by atoms with Crippen molar-refractivity contribution < 1.29 is 4.57 Å². The molecule has 2 aromatic carbocycles. The van der Waals surface area contributed by atoms with Crippen LogP contribution in [0.1, 0.15) is 16.7 Å². The largest absolute Gasteiger partial charge is 0.215 e. The predicted molar refractivity (Wildman–Crippen MR) is 92.7 cm³/mol. The van der Waals surface area contributed by atoms with Crippen molar-refractivity contribution in [2.24, 2.45) is 7.05 Å². The molecule has 0 aliphatic heterocycles. The van der Waals surface area contributed by atoms with Crippen molar-refractivity contribution >= 4 is 0 Å². The van der Waals surface area contributed by atoms with E-state index in [9.17, 15) is 0 Å². The number of nitrogens with zero attached hydrogens (tertiary/aromatic N) is 1. The van der Waals surface area contributed by atoms with Crippen molar-refractivity contribution in [3.8, 4) is 22.4 Å². The first-order valence-electron chi connectivity index (χ1n) is 7.69. The fourth-order valence-corrected chi connectivity index (χ4v) is 3.04. The first-order valence-corrected chi connectivity index (χ1v) is 7.69. The molecule has 3 aromatic rings. The van der Waals surface area contributed by atoms with Crippen molar-refractivity contribution in [3.05, 3.63) is 77.5 Å². The van der Waals surface area contributed by atoms with Crippen LogP contribution in [0.3, 0.4) is 0 Å². The van der Waals surface area contributed by atoms with Gasteiger partial charge in [0.2, 0.25) is 5.69 Å². The van der Waals surface area contributed by atoms with Gasteiger partial charge in [-0.2, -0.15) is 0 Å². The minimum atomic E-state index is 1.26. The maximum Gasteiger partial charge on any atom is 0.215 e. The Labute approximate surface area is 132 Å². The van der Waals surface area contributed by atoms with E-state index in [1.807, 2.05) is 0 Å². The molecule has 0 bridgehead atoms. The summed E-state index contributed by atoms with van der Waals surface area (Å²) in [6.07, 6.45) is 2.22. The summed E-state index contributed by atoms with van der Waals surface area (Å²) in [6, 6.07) is 19.6. The van der Waals surface area contributed by atoms with Gasteiger partial charge < -0.3 is 0 Å². The van der Waals surface area contributed by atoms with Crippen LogP contribution in [-0.4, -0.2) is 0 Å². The smallest absolute Gasteiger partial charge is 0.200 e. The Morgan fingerprint density at radius 1 is 0.727 bits per heavy atom. The molecular formula is C21H22N+. The maximum absolute atomic E-state index is 2.28. The third kappa shape index (κ3) is 2.67. The number of hydrogen-bond acceptors (Lipinski definition) is 0. The van der Waals surface area contributed by atoms with Crippen LogP contribution in [0, 0.1) is 20.8 Å².